The van der Waals surface area contributed by atoms with Crippen molar-refractivity contribution in [1.82, 2.24) is 5.16 Å². The molecule has 1 heterocycles. The first-order chi connectivity index (χ1) is 18.9. The standard InChI is InChI=1S/C33H32N2O4/c1-3-38-32(37)33(18-19-33)25-15-12-22(13-16-25)21-8-10-24(11-9-21)30-28(20(2)35-39-30)29(31(34)36)27-17-14-23-6-4-5-7-26(23)27/h4-13,15-16,27,29H,3,14,17-19H2,1-2H3,(H2,34,36)/t27?,29-/m1/s1. The number of aromatic nitrogens is 1. The lowest BCUT2D eigenvalue weighted by molar-refractivity contribution is -0.146. The van der Waals surface area contributed by atoms with Gasteiger partial charge in [-0.25, -0.2) is 0 Å². The van der Waals surface area contributed by atoms with Gasteiger partial charge in [0.05, 0.1) is 23.6 Å². The highest BCUT2D eigenvalue weighted by atomic mass is 16.5. The zero-order chi connectivity index (χ0) is 27.1. The van der Waals surface area contributed by atoms with Gasteiger partial charge >= 0.3 is 5.97 Å². The van der Waals surface area contributed by atoms with Crippen LogP contribution in [-0.4, -0.2) is 23.6 Å². The van der Waals surface area contributed by atoms with Gasteiger partial charge in [-0.3, -0.25) is 9.59 Å². The normalized spacial score (nSPS) is 17.8. The number of hydrogen-bond donors (Lipinski definition) is 1. The summed E-state index contributed by atoms with van der Waals surface area (Å²) in [6.07, 6.45) is 3.46. The van der Waals surface area contributed by atoms with Crippen LogP contribution in [0.25, 0.3) is 22.5 Å². The third kappa shape index (κ3) is 4.34. The average Bonchev–Trinajstić information content (AvgIpc) is 3.54. The van der Waals surface area contributed by atoms with Crippen LogP contribution in [0.4, 0.5) is 0 Å². The number of aryl methyl sites for hydroxylation is 2. The van der Waals surface area contributed by atoms with Gasteiger partial charge in [0.1, 0.15) is 0 Å². The first kappa shape index (κ1) is 25.1. The number of hydrogen-bond acceptors (Lipinski definition) is 5. The maximum atomic E-state index is 12.9. The lowest BCUT2D eigenvalue weighted by atomic mass is 9.80. The summed E-state index contributed by atoms with van der Waals surface area (Å²) in [7, 11) is 0. The van der Waals surface area contributed by atoms with Gasteiger partial charge in [0.2, 0.25) is 5.91 Å². The van der Waals surface area contributed by atoms with Crippen molar-refractivity contribution in [2.75, 3.05) is 6.61 Å². The number of rotatable bonds is 8. The average molecular weight is 521 g/mol. The molecule has 1 aromatic heterocycles. The molecule has 0 radical (unpaired) electrons. The number of amides is 1. The van der Waals surface area contributed by atoms with Crippen molar-refractivity contribution in [2.24, 2.45) is 5.73 Å². The molecule has 6 nitrogen and oxygen atoms in total. The smallest absolute Gasteiger partial charge is 0.316 e. The fourth-order valence-corrected chi connectivity index (χ4v) is 6.23. The molecule has 0 bridgehead atoms. The molecule has 1 saturated carbocycles. The molecule has 0 saturated heterocycles. The molecule has 4 aromatic rings. The van der Waals surface area contributed by atoms with Crippen molar-refractivity contribution < 1.29 is 18.8 Å². The minimum atomic E-state index is -0.517. The molecular formula is C33H32N2O4. The molecule has 6 rings (SSSR count). The first-order valence-corrected chi connectivity index (χ1v) is 13.6. The Bertz CT molecular complexity index is 1530. The van der Waals surface area contributed by atoms with Gasteiger partial charge in [-0.2, -0.15) is 0 Å². The summed E-state index contributed by atoms with van der Waals surface area (Å²) < 4.78 is 11.1. The molecule has 6 heteroatoms. The Morgan fingerprint density at radius 1 is 1.00 bits per heavy atom. The molecule has 1 unspecified atom stereocenters. The molecule has 1 amide bonds. The Kier molecular flexibility index (Phi) is 6.34. The molecule has 2 N–H and O–H groups in total. The summed E-state index contributed by atoms with van der Waals surface area (Å²) in [4.78, 5) is 25.3. The number of fused-ring (bicyclic) bond motifs is 1. The maximum Gasteiger partial charge on any atom is 0.316 e. The van der Waals surface area contributed by atoms with Gasteiger partial charge in [-0.05, 0) is 67.3 Å². The summed E-state index contributed by atoms with van der Waals surface area (Å²) in [5.74, 6) is -0.422. The minimum absolute atomic E-state index is 0.00212. The number of benzene rings is 3. The van der Waals surface area contributed by atoms with Gasteiger partial charge in [0, 0.05) is 17.0 Å². The van der Waals surface area contributed by atoms with Crippen LogP contribution < -0.4 is 5.73 Å². The van der Waals surface area contributed by atoms with Crippen LogP contribution in [0.2, 0.25) is 0 Å². The van der Waals surface area contributed by atoms with Gasteiger partial charge in [0.15, 0.2) is 5.76 Å². The van der Waals surface area contributed by atoms with E-state index >= 15 is 0 Å². The third-order valence-electron chi connectivity index (χ3n) is 8.44. The van der Waals surface area contributed by atoms with Gasteiger partial charge < -0.3 is 15.0 Å². The summed E-state index contributed by atoms with van der Waals surface area (Å²) in [6.45, 7) is 4.11. The van der Waals surface area contributed by atoms with Crippen LogP contribution in [0.5, 0.6) is 0 Å². The largest absolute Gasteiger partial charge is 0.465 e. The number of primary amides is 1. The van der Waals surface area contributed by atoms with E-state index in [-0.39, 0.29) is 17.8 Å². The molecular weight excluding hydrogens is 488 g/mol. The lowest BCUT2D eigenvalue weighted by Crippen LogP contribution is -2.27. The zero-order valence-corrected chi connectivity index (χ0v) is 22.3. The second kappa shape index (κ2) is 9.84. The Labute approximate surface area is 228 Å². The summed E-state index contributed by atoms with van der Waals surface area (Å²) >= 11 is 0. The second-order valence-electron chi connectivity index (χ2n) is 10.7. The van der Waals surface area contributed by atoms with Crippen molar-refractivity contribution in [3.05, 3.63) is 101 Å². The van der Waals surface area contributed by atoms with Crippen molar-refractivity contribution in [3.63, 3.8) is 0 Å². The number of esters is 1. The predicted octanol–water partition coefficient (Wildman–Crippen LogP) is 6.21. The van der Waals surface area contributed by atoms with Crippen molar-refractivity contribution in [1.29, 1.82) is 0 Å². The van der Waals surface area contributed by atoms with Crippen LogP contribution >= 0.6 is 0 Å². The second-order valence-corrected chi connectivity index (χ2v) is 10.7. The van der Waals surface area contributed by atoms with E-state index in [0.717, 1.165) is 53.5 Å². The van der Waals surface area contributed by atoms with E-state index in [0.29, 0.717) is 18.1 Å². The SMILES string of the molecule is CCOC(=O)C1(c2ccc(-c3ccc(-c4onc(C)c4[C@H](C(N)=O)C4CCc5ccccc54)cc3)cc2)CC1. The molecule has 198 valence electrons. The van der Waals surface area contributed by atoms with E-state index in [1.165, 1.54) is 11.1 Å². The van der Waals surface area contributed by atoms with E-state index in [4.69, 9.17) is 15.0 Å². The summed E-state index contributed by atoms with van der Waals surface area (Å²) in [5, 5.41) is 4.25. The number of nitrogens with two attached hydrogens (primary N) is 1. The van der Waals surface area contributed by atoms with Gasteiger partial charge in [-0.1, -0.05) is 78.0 Å². The highest BCUT2D eigenvalue weighted by Crippen LogP contribution is 2.50. The van der Waals surface area contributed by atoms with E-state index in [9.17, 15) is 9.59 Å². The first-order valence-electron chi connectivity index (χ1n) is 13.6. The van der Waals surface area contributed by atoms with E-state index < -0.39 is 11.3 Å². The predicted molar refractivity (Wildman–Crippen MR) is 149 cm³/mol. The quantitative estimate of drug-likeness (QED) is 0.279. The van der Waals surface area contributed by atoms with Gasteiger partial charge in [-0.15, -0.1) is 0 Å². The van der Waals surface area contributed by atoms with Crippen LogP contribution in [0.1, 0.15) is 66.0 Å². The Hall–Kier alpha value is -4.19. The monoisotopic (exact) mass is 520 g/mol. The molecule has 39 heavy (non-hydrogen) atoms. The van der Waals surface area contributed by atoms with Crippen molar-refractivity contribution in [3.8, 4) is 22.5 Å². The highest BCUT2D eigenvalue weighted by molar-refractivity contribution is 5.87. The van der Waals surface area contributed by atoms with Crippen molar-refractivity contribution in [2.45, 2.75) is 56.8 Å². The van der Waals surface area contributed by atoms with E-state index in [1.54, 1.807) is 0 Å². The van der Waals surface area contributed by atoms with Crippen LogP contribution in [-0.2, 0) is 26.2 Å². The van der Waals surface area contributed by atoms with E-state index in [2.05, 4.69) is 17.3 Å². The molecule has 2 aliphatic carbocycles. The maximum absolute atomic E-state index is 12.9. The topological polar surface area (TPSA) is 95.4 Å². The fraction of sp³-hybridized carbons (Fsp3) is 0.303. The number of nitrogens with zero attached hydrogens (tertiary/aromatic N) is 1. The number of carbonyl (C=O) groups is 2. The zero-order valence-electron chi connectivity index (χ0n) is 22.3. The number of carbonyl (C=O) groups excluding carboxylic acids is 2. The summed E-state index contributed by atoms with van der Waals surface area (Å²) in [5.41, 5.74) is 13.4. The third-order valence-corrected chi connectivity index (χ3v) is 8.44. The molecule has 0 aliphatic heterocycles. The molecule has 2 aliphatic rings. The molecule has 1 fully saturated rings. The summed E-state index contributed by atoms with van der Waals surface area (Å²) in [6, 6.07) is 24.5. The Balaban J connectivity index is 1.28. The fourth-order valence-electron chi connectivity index (χ4n) is 6.23. The van der Waals surface area contributed by atoms with E-state index in [1.807, 2.05) is 74.5 Å². The lowest BCUT2D eigenvalue weighted by Gasteiger charge is -2.22. The minimum Gasteiger partial charge on any atom is -0.465 e. The molecule has 3 aromatic carbocycles. The number of ether oxygens (including phenoxy) is 1. The van der Waals surface area contributed by atoms with Crippen LogP contribution in [0, 0.1) is 6.92 Å². The Morgan fingerprint density at radius 3 is 2.28 bits per heavy atom. The molecule has 0 spiro atoms. The van der Waals surface area contributed by atoms with Gasteiger partial charge in [0.25, 0.3) is 0 Å². The van der Waals surface area contributed by atoms with Crippen LogP contribution in [0.15, 0.2) is 77.3 Å². The highest BCUT2D eigenvalue weighted by Gasteiger charge is 2.52. The van der Waals surface area contributed by atoms with Crippen LogP contribution in [0.3, 0.4) is 0 Å². The Morgan fingerprint density at radius 2 is 1.64 bits per heavy atom. The molecule has 2 atom stereocenters. The van der Waals surface area contributed by atoms with Crippen molar-refractivity contribution >= 4 is 11.9 Å².